The van der Waals surface area contributed by atoms with Crippen LogP contribution in [0.3, 0.4) is 0 Å². The van der Waals surface area contributed by atoms with Crippen LogP contribution >= 0.6 is 0 Å². The van der Waals surface area contributed by atoms with Crippen LogP contribution in [0, 0.1) is 6.92 Å². The Morgan fingerprint density at radius 2 is 2.43 bits per heavy atom. The van der Waals surface area contributed by atoms with Gasteiger partial charge in [0.25, 0.3) is 5.89 Å². The zero-order chi connectivity index (χ0) is 9.80. The van der Waals surface area contributed by atoms with Crippen LogP contribution in [0.15, 0.2) is 29.0 Å². The Hall–Kier alpha value is -1.91. The van der Waals surface area contributed by atoms with Crippen LogP contribution in [0.4, 0.5) is 0 Å². The van der Waals surface area contributed by atoms with E-state index in [1.54, 1.807) is 25.4 Å². The highest BCUT2D eigenvalue weighted by atomic mass is 16.5. The van der Waals surface area contributed by atoms with Crippen LogP contribution in [-0.4, -0.2) is 15.1 Å². The van der Waals surface area contributed by atoms with Gasteiger partial charge >= 0.3 is 0 Å². The number of aryl methyl sites for hydroxylation is 1. The van der Waals surface area contributed by atoms with Crippen molar-refractivity contribution in [2.24, 2.45) is 0 Å². The number of hydrogen-bond donors (Lipinski definition) is 0. The maximum atomic E-state index is 5.35. The summed E-state index contributed by atoms with van der Waals surface area (Å²) in [6.45, 7) is 2.03. The van der Waals surface area contributed by atoms with Crippen molar-refractivity contribution < 1.29 is 9.26 Å². The van der Waals surface area contributed by atoms with Crippen LogP contribution in [0.5, 0.6) is 5.75 Å². The number of aromatic nitrogens is 3. The maximum Gasteiger partial charge on any atom is 0.264 e. The fourth-order valence-corrected chi connectivity index (χ4v) is 0.976. The zero-order valence-electron chi connectivity index (χ0n) is 7.67. The molecule has 0 radical (unpaired) electrons. The summed E-state index contributed by atoms with van der Waals surface area (Å²) in [6, 6.07) is 3.62. The Bertz CT molecular complexity index is 399. The van der Waals surface area contributed by atoms with Gasteiger partial charge in [-0.2, -0.15) is 4.98 Å². The molecule has 2 heterocycles. The number of pyridine rings is 1. The second kappa shape index (κ2) is 3.87. The summed E-state index contributed by atoms with van der Waals surface area (Å²) in [5, 5.41) is 3.65. The van der Waals surface area contributed by atoms with E-state index < -0.39 is 0 Å². The standard InChI is InChI=1S/C9H9N3O2/c1-7-11-9(14-12-7)6-13-8-3-2-4-10-5-8/h2-5H,6H2,1H3. The van der Waals surface area contributed by atoms with Crippen LogP contribution in [0.1, 0.15) is 11.7 Å². The van der Waals surface area contributed by atoms with Crippen LogP contribution in [0.25, 0.3) is 0 Å². The molecule has 0 saturated heterocycles. The highest BCUT2D eigenvalue weighted by Gasteiger charge is 2.02. The lowest BCUT2D eigenvalue weighted by molar-refractivity contribution is 0.242. The Morgan fingerprint density at radius 3 is 3.07 bits per heavy atom. The molecule has 0 fully saturated rings. The van der Waals surface area contributed by atoms with Gasteiger partial charge in [-0.25, -0.2) is 0 Å². The molecule has 2 aromatic rings. The third-order valence-corrected chi connectivity index (χ3v) is 1.57. The summed E-state index contributed by atoms with van der Waals surface area (Å²) in [4.78, 5) is 7.91. The van der Waals surface area contributed by atoms with Gasteiger partial charge in [0.2, 0.25) is 0 Å². The van der Waals surface area contributed by atoms with E-state index in [0.29, 0.717) is 17.5 Å². The molecule has 0 aliphatic heterocycles. The minimum Gasteiger partial charge on any atom is -0.482 e. The minimum atomic E-state index is 0.270. The number of hydrogen-bond acceptors (Lipinski definition) is 5. The van der Waals surface area contributed by atoms with Crippen molar-refractivity contribution in [2.75, 3.05) is 0 Å². The van der Waals surface area contributed by atoms with Crippen molar-refractivity contribution in [3.05, 3.63) is 36.2 Å². The van der Waals surface area contributed by atoms with Gasteiger partial charge in [0.15, 0.2) is 12.4 Å². The Morgan fingerprint density at radius 1 is 1.50 bits per heavy atom. The van der Waals surface area contributed by atoms with Gasteiger partial charge in [-0.05, 0) is 19.1 Å². The van der Waals surface area contributed by atoms with Crippen molar-refractivity contribution in [1.29, 1.82) is 0 Å². The molecule has 0 spiro atoms. The fraction of sp³-hybridized carbons (Fsp3) is 0.222. The fourth-order valence-electron chi connectivity index (χ4n) is 0.976. The van der Waals surface area contributed by atoms with Crippen LogP contribution < -0.4 is 4.74 Å². The van der Waals surface area contributed by atoms with Gasteiger partial charge in [-0.1, -0.05) is 5.16 Å². The molecule has 0 aliphatic carbocycles. The van der Waals surface area contributed by atoms with E-state index in [1.807, 2.05) is 6.07 Å². The summed E-state index contributed by atoms with van der Waals surface area (Å²) >= 11 is 0. The van der Waals surface area contributed by atoms with Gasteiger partial charge in [-0.15, -0.1) is 0 Å². The predicted molar refractivity (Wildman–Crippen MR) is 47.6 cm³/mol. The topological polar surface area (TPSA) is 61.0 Å². The van der Waals surface area contributed by atoms with E-state index in [2.05, 4.69) is 15.1 Å². The Kier molecular flexibility index (Phi) is 2.40. The molecule has 0 unspecified atom stereocenters. The number of ether oxygens (including phenoxy) is 1. The zero-order valence-corrected chi connectivity index (χ0v) is 7.67. The van der Waals surface area contributed by atoms with E-state index in [4.69, 9.17) is 9.26 Å². The first-order valence-corrected chi connectivity index (χ1v) is 4.16. The van der Waals surface area contributed by atoms with Crippen molar-refractivity contribution in [2.45, 2.75) is 13.5 Å². The minimum absolute atomic E-state index is 0.270. The van der Waals surface area contributed by atoms with Gasteiger partial charge in [0, 0.05) is 6.20 Å². The lowest BCUT2D eigenvalue weighted by Gasteiger charge is -2.00. The maximum absolute atomic E-state index is 5.35. The Labute approximate surface area is 80.7 Å². The monoisotopic (exact) mass is 191 g/mol. The molecule has 0 N–H and O–H groups in total. The second-order valence-corrected chi connectivity index (χ2v) is 2.71. The third-order valence-electron chi connectivity index (χ3n) is 1.57. The lowest BCUT2D eigenvalue weighted by atomic mass is 10.5. The van der Waals surface area contributed by atoms with E-state index in [1.165, 1.54) is 0 Å². The number of nitrogens with zero attached hydrogens (tertiary/aromatic N) is 3. The quantitative estimate of drug-likeness (QED) is 0.732. The van der Waals surface area contributed by atoms with Crippen LogP contribution in [-0.2, 0) is 6.61 Å². The van der Waals surface area contributed by atoms with E-state index in [-0.39, 0.29) is 6.61 Å². The number of rotatable bonds is 3. The summed E-state index contributed by atoms with van der Waals surface area (Å²) in [6.07, 6.45) is 3.31. The smallest absolute Gasteiger partial charge is 0.264 e. The van der Waals surface area contributed by atoms with Gasteiger partial charge < -0.3 is 9.26 Å². The molecular weight excluding hydrogens is 182 g/mol. The average molecular weight is 191 g/mol. The Balaban J connectivity index is 1.95. The summed E-state index contributed by atoms with van der Waals surface area (Å²) in [5.74, 6) is 1.75. The van der Waals surface area contributed by atoms with E-state index >= 15 is 0 Å². The molecule has 0 atom stereocenters. The van der Waals surface area contributed by atoms with Crippen molar-refractivity contribution in [3.63, 3.8) is 0 Å². The van der Waals surface area contributed by atoms with Gasteiger partial charge in [-0.3, -0.25) is 4.98 Å². The van der Waals surface area contributed by atoms with Crippen molar-refractivity contribution >= 4 is 0 Å². The lowest BCUT2D eigenvalue weighted by Crippen LogP contribution is -1.95. The molecule has 0 aliphatic rings. The third kappa shape index (κ3) is 2.07. The first-order chi connectivity index (χ1) is 6.84. The first kappa shape index (κ1) is 8.68. The normalized spacial score (nSPS) is 10.1. The SMILES string of the molecule is Cc1noc(COc2cccnc2)n1. The molecule has 14 heavy (non-hydrogen) atoms. The predicted octanol–water partition coefficient (Wildman–Crippen LogP) is 1.35. The molecule has 5 heteroatoms. The molecule has 5 nitrogen and oxygen atoms in total. The molecule has 72 valence electrons. The molecule has 2 rings (SSSR count). The molecule has 0 bridgehead atoms. The molecule has 0 aromatic carbocycles. The second-order valence-electron chi connectivity index (χ2n) is 2.71. The summed E-state index contributed by atoms with van der Waals surface area (Å²) in [7, 11) is 0. The largest absolute Gasteiger partial charge is 0.482 e. The van der Waals surface area contributed by atoms with Gasteiger partial charge in [0.05, 0.1) is 6.20 Å². The molecule has 2 aromatic heterocycles. The summed E-state index contributed by atoms with van der Waals surface area (Å²) in [5.41, 5.74) is 0. The molecule has 0 amide bonds. The van der Waals surface area contributed by atoms with Gasteiger partial charge in [0.1, 0.15) is 5.75 Å². The first-order valence-electron chi connectivity index (χ1n) is 4.16. The highest BCUT2D eigenvalue weighted by molar-refractivity contribution is 5.15. The average Bonchev–Trinajstić information content (AvgIpc) is 2.63. The van der Waals surface area contributed by atoms with Crippen molar-refractivity contribution in [3.8, 4) is 5.75 Å². The highest BCUT2D eigenvalue weighted by Crippen LogP contribution is 2.08. The van der Waals surface area contributed by atoms with E-state index in [9.17, 15) is 0 Å². The summed E-state index contributed by atoms with van der Waals surface area (Å²) < 4.78 is 10.2. The van der Waals surface area contributed by atoms with E-state index in [0.717, 1.165) is 0 Å². The molecular formula is C9H9N3O2. The van der Waals surface area contributed by atoms with Crippen molar-refractivity contribution in [1.82, 2.24) is 15.1 Å². The molecule has 0 saturated carbocycles. The van der Waals surface area contributed by atoms with Crippen LogP contribution in [0.2, 0.25) is 0 Å².